The molecule has 0 aliphatic heterocycles. The van der Waals surface area contributed by atoms with Crippen molar-refractivity contribution in [3.63, 3.8) is 0 Å². The van der Waals surface area contributed by atoms with Crippen molar-refractivity contribution >= 4 is 37.0 Å². The number of thiol groups is 1. The van der Waals surface area contributed by atoms with E-state index in [1.165, 1.54) is 0 Å². The fourth-order valence-corrected chi connectivity index (χ4v) is 3.11. The molecule has 0 amide bonds. The molecule has 0 aromatic heterocycles. The van der Waals surface area contributed by atoms with Crippen LogP contribution in [0.15, 0.2) is 0 Å². The van der Waals surface area contributed by atoms with Gasteiger partial charge in [-0.1, -0.05) is 0 Å². The molecular weight excluding hydrogens is 291 g/mol. The SMILES string of the molecule is CCCOC(=O)C[CH](S)[Sn]([CH3])([CH3])[CH3]. The maximum atomic E-state index is 11.2. The Kier molecular flexibility index (Phi) is 6.46. The third-order valence-corrected chi connectivity index (χ3v) is 13.5. The van der Waals surface area contributed by atoms with Gasteiger partial charge in [-0.2, -0.15) is 0 Å². The van der Waals surface area contributed by atoms with Gasteiger partial charge in [0.1, 0.15) is 0 Å². The number of hydrogen-bond acceptors (Lipinski definition) is 3. The molecule has 0 aliphatic carbocycles. The van der Waals surface area contributed by atoms with Crippen LogP contribution in [0, 0.1) is 0 Å². The van der Waals surface area contributed by atoms with Crippen LogP contribution in [-0.4, -0.2) is 34.2 Å². The molecule has 0 spiro atoms. The van der Waals surface area contributed by atoms with Crippen molar-refractivity contribution in [1.29, 1.82) is 0 Å². The van der Waals surface area contributed by atoms with E-state index in [0.717, 1.165) is 6.42 Å². The first kappa shape index (κ1) is 13.6. The molecule has 0 saturated heterocycles. The van der Waals surface area contributed by atoms with Crippen LogP contribution >= 0.6 is 12.6 Å². The molecule has 1 atom stereocenters. The first-order valence-electron chi connectivity index (χ1n) is 4.71. The van der Waals surface area contributed by atoms with Crippen molar-refractivity contribution in [3.8, 4) is 0 Å². The van der Waals surface area contributed by atoms with Crippen molar-refractivity contribution in [2.75, 3.05) is 6.61 Å². The number of esters is 1. The molecule has 0 rings (SSSR count). The first-order chi connectivity index (χ1) is 5.88. The van der Waals surface area contributed by atoms with Gasteiger partial charge in [0.2, 0.25) is 0 Å². The van der Waals surface area contributed by atoms with E-state index in [1.807, 2.05) is 6.92 Å². The summed E-state index contributed by atoms with van der Waals surface area (Å²) in [7, 11) is 0. The van der Waals surface area contributed by atoms with Crippen LogP contribution in [0.1, 0.15) is 19.8 Å². The Morgan fingerprint density at radius 1 is 1.46 bits per heavy atom. The van der Waals surface area contributed by atoms with Crippen molar-refractivity contribution in [3.05, 3.63) is 0 Å². The third kappa shape index (κ3) is 6.66. The van der Waals surface area contributed by atoms with Crippen LogP contribution in [0.3, 0.4) is 0 Å². The molecule has 0 heterocycles. The Morgan fingerprint density at radius 2 is 2.00 bits per heavy atom. The second-order valence-electron chi connectivity index (χ2n) is 4.31. The Labute approximate surface area is 90.7 Å². The van der Waals surface area contributed by atoms with Crippen LogP contribution in [0.25, 0.3) is 0 Å². The number of ether oxygens (including phenoxy) is 1. The fourth-order valence-electron chi connectivity index (χ4n) is 0.739. The van der Waals surface area contributed by atoms with Crippen LogP contribution < -0.4 is 0 Å². The predicted octanol–water partition coefficient (Wildman–Crippen LogP) is 2.51. The fraction of sp³-hybridized carbons (Fsp3) is 0.889. The zero-order valence-corrected chi connectivity index (χ0v) is 12.7. The summed E-state index contributed by atoms with van der Waals surface area (Å²) in [5.74, 6) is -0.0894. The molecule has 4 heteroatoms. The summed E-state index contributed by atoms with van der Waals surface area (Å²) in [5.41, 5.74) is 0. The summed E-state index contributed by atoms with van der Waals surface area (Å²) >= 11 is 2.47. The topological polar surface area (TPSA) is 26.3 Å². The zero-order chi connectivity index (χ0) is 10.5. The van der Waals surface area contributed by atoms with Gasteiger partial charge in [0.25, 0.3) is 0 Å². The minimum absolute atomic E-state index is 0.0894. The number of carbonyl (C=O) groups is 1. The summed E-state index contributed by atoms with van der Waals surface area (Å²) < 4.78 is 5.28. The van der Waals surface area contributed by atoms with Crippen molar-refractivity contribution in [2.45, 2.75) is 37.9 Å². The minimum atomic E-state index is -1.99. The maximum absolute atomic E-state index is 11.2. The first-order valence-corrected chi connectivity index (χ1v) is 15.4. The van der Waals surface area contributed by atoms with Gasteiger partial charge in [-0.3, -0.25) is 0 Å². The van der Waals surface area contributed by atoms with Crippen molar-refractivity contribution in [1.82, 2.24) is 0 Å². The number of hydrogen-bond donors (Lipinski definition) is 1. The van der Waals surface area contributed by atoms with E-state index in [4.69, 9.17) is 4.74 Å². The van der Waals surface area contributed by atoms with Crippen molar-refractivity contribution < 1.29 is 9.53 Å². The van der Waals surface area contributed by atoms with Gasteiger partial charge in [-0.05, 0) is 0 Å². The Balaban J connectivity index is 3.79. The summed E-state index contributed by atoms with van der Waals surface area (Å²) in [6, 6.07) is 0. The summed E-state index contributed by atoms with van der Waals surface area (Å²) in [6.07, 6.45) is 1.38. The van der Waals surface area contributed by atoms with Crippen LogP contribution in [0.5, 0.6) is 0 Å². The van der Waals surface area contributed by atoms with E-state index in [-0.39, 0.29) is 9.24 Å². The average Bonchev–Trinajstić information content (AvgIpc) is 1.99. The molecule has 0 aromatic rings. The van der Waals surface area contributed by atoms with Gasteiger partial charge in [0.15, 0.2) is 0 Å². The summed E-state index contributed by atoms with van der Waals surface area (Å²) in [4.78, 5) is 18.1. The monoisotopic (exact) mass is 312 g/mol. The second-order valence-corrected chi connectivity index (χ2v) is 21.8. The van der Waals surface area contributed by atoms with E-state index in [0.29, 0.717) is 13.0 Å². The summed E-state index contributed by atoms with van der Waals surface area (Å²) in [5, 5.41) is 0. The molecule has 2 nitrogen and oxygen atoms in total. The average molecular weight is 311 g/mol. The van der Waals surface area contributed by atoms with Gasteiger partial charge in [0, 0.05) is 0 Å². The second kappa shape index (κ2) is 6.17. The summed E-state index contributed by atoms with van der Waals surface area (Å²) in [6.45, 7) is 2.54. The van der Waals surface area contributed by atoms with Gasteiger partial charge in [-0.15, -0.1) is 0 Å². The molecule has 78 valence electrons. The van der Waals surface area contributed by atoms with E-state index >= 15 is 0 Å². The normalized spacial score (nSPS) is 13.9. The molecule has 1 unspecified atom stereocenters. The van der Waals surface area contributed by atoms with Gasteiger partial charge in [0.05, 0.1) is 0 Å². The predicted molar refractivity (Wildman–Crippen MR) is 62.0 cm³/mol. The quantitative estimate of drug-likeness (QED) is 0.480. The van der Waals surface area contributed by atoms with E-state index in [1.54, 1.807) is 0 Å². The van der Waals surface area contributed by atoms with Gasteiger partial charge < -0.3 is 0 Å². The van der Waals surface area contributed by atoms with Gasteiger partial charge >= 0.3 is 91.0 Å². The van der Waals surface area contributed by atoms with E-state index < -0.39 is 18.4 Å². The standard InChI is InChI=1S/C6H11O2S.3CH3.Sn/c1-2-4-8-6(7)3-5-9;;;;/h5,9H,2-4H2,1H3;3*1H3;. The molecule has 0 saturated carbocycles. The zero-order valence-electron chi connectivity index (χ0n) is 8.96. The molecule has 0 N–H and O–H groups in total. The Bertz CT molecular complexity index is 165. The van der Waals surface area contributed by atoms with Crippen LogP contribution in [0.2, 0.25) is 14.8 Å². The molecule has 13 heavy (non-hydrogen) atoms. The van der Waals surface area contributed by atoms with Gasteiger partial charge in [-0.25, -0.2) is 0 Å². The molecule has 0 bridgehead atoms. The molecule has 0 aliphatic rings. The van der Waals surface area contributed by atoms with Crippen LogP contribution in [0.4, 0.5) is 0 Å². The number of carbonyl (C=O) groups excluding carboxylic acids is 1. The third-order valence-electron chi connectivity index (χ3n) is 1.83. The number of rotatable bonds is 5. The van der Waals surface area contributed by atoms with Crippen molar-refractivity contribution in [2.24, 2.45) is 0 Å². The molecule has 0 radical (unpaired) electrons. The van der Waals surface area contributed by atoms with Crippen LogP contribution in [-0.2, 0) is 9.53 Å². The molecule has 0 fully saturated rings. The Hall–Kier alpha value is 0.619. The molecular formula is C9H20O2SSn. The van der Waals surface area contributed by atoms with E-state index in [2.05, 4.69) is 27.4 Å². The molecule has 0 aromatic carbocycles. The van der Waals surface area contributed by atoms with E-state index in [9.17, 15) is 4.79 Å². The Morgan fingerprint density at radius 3 is 2.38 bits per heavy atom.